The van der Waals surface area contributed by atoms with E-state index in [0.717, 1.165) is 34.9 Å². The van der Waals surface area contributed by atoms with Crippen LogP contribution in [0.1, 0.15) is 75.2 Å². The number of carbonyl (C=O) groups excluding carboxylic acids is 2. The maximum absolute atomic E-state index is 13.5. The van der Waals surface area contributed by atoms with E-state index < -0.39 is 51.6 Å². The molecule has 1 aliphatic heterocycles. The van der Waals surface area contributed by atoms with Crippen LogP contribution < -0.4 is 26.2 Å². The number of hydrogen-bond donors (Lipinski definition) is 1. The number of pyridine rings is 2. The normalized spacial score (nSPS) is 13.3. The molecular weight excluding hydrogens is 963 g/mol. The molecule has 15 nitrogen and oxygen atoms in total. The first-order valence-electron chi connectivity index (χ1n) is 20.7. The molecule has 7 rings (SSSR count). The van der Waals surface area contributed by atoms with E-state index in [2.05, 4.69) is 32.5 Å². The van der Waals surface area contributed by atoms with E-state index in [1.54, 1.807) is 58.2 Å². The molecule has 6 aromatic rings. The van der Waals surface area contributed by atoms with Crippen LogP contribution in [0, 0.1) is 22.7 Å². The lowest BCUT2D eigenvalue weighted by Gasteiger charge is -2.29. The standard InChI is InChI=1S/C23H18F3N5O2S.C15H19N3O3.C9H3F3N2S/c1-4-14-9-19(32)29-12-16(7-8-18(29)28-14)31-21(34)30(20(33)22(31,2)3)15-6-5-13(11-27)17(10-15)23(24,25)26;1-5-10-8-13(19)18-9-11(6-7-12(18)16-10)17-15(2,3)14(20)21-4;10-9(11,12)8-3-7(14-5-15)2-1-6(8)4-13/h5-10,12H,4H2,1-3H3;6-9,17H,5H2,1-4H3;1-3H. The summed E-state index contributed by atoms with van der Waals surface area (Å²) in [5.74, 6) is -0.934. The Hall–Kier alpha value is -7.85. The zero-order chi connectivity index (χ0) is 52.1. The smallest absolute Gasteiger partial charge is 0.417 e. The van der Waals surface area contributed by atoms with Gasteiger partial charge in [0.05, 0.1) is 69.4 Å². The largest absolute Gasteiger partial charge is 0.467 e. The summed E-state index contributed by atoms with van der Waals surface area (Å²) in [5.41, 5.74) is -2.42. The molecule has 362 valence electrons. The molecule has 70 heavy (non-hydrogen) atoms. The van der Waals surface area contributed by atoms with E-state index in [9.17, 15) is 45.5 Å². The Morgan fingerprint density at radius 3 is 1.77 bits per heavy atom. The van der Waals surface area contributed by atoms with Crippen molar-refractivity contribution in [1.82, 2.24) is 18.8 Å². The van der Waals surface area contributed by atoms with Crippen LogP contribution in [0.25, 0.3) is 11.3 Å². The zero-order valence-electron chi connectivity index (χ0n) is 38.1. The molecule has 1 N–H and O–H groups in total. The van der Waals surface area contributed by atoms with Gasteiger partial charge in [-0.1, -0.05) is 13.8 Å². The second-order valence-corrected chi connectivity index (χ2v) is 16.6. The molecule has 1 fully saturated rings. The van der Waals surface area contributed by atoms with Gasteiger partial charge < -0.3 is 15.0 Å². The summed E-state index contributed by atoms with van der Waals surface area (Å²) < 4.78 is 85.3. The van der Waals surface area contributed by atoms with Gasteiger partial charge in [-0.15, -0.1) is 0 Å². The molecule has 0 bridgehead atoms. The average Bonchev–Trinajstić information content (AvgIpc) is 3.49. The van der Waals surface area contributed by atoms with Gasteiger partial charge in [0.15, 0.2) is 5.11 Å². The van der Waals surface area contributed by atoms with E-state index in [1.165, 1.54) is 63.4 Å². The van der Waals surface area contributed by atoms with Crippen LogP contribution in [0.15, 0.2) is 99.8 Å². The molecule has 0 unspecified atom stereocenters. The highest BCUT2D eigenvalue weighted by Gasteiger charge is 2.51. The summed E-state index contributed by atoms with van der Waals surface area (Å²) in [6.07, 6.45) is -4.93. The number of methoxy groups -OCH3 is 1. The highest BCUT2D eigenvalue weighted by Crippen LogP contribution is 2.40. The third-order valence-electron chi connectivity index (χ3n) is 10.5. The fraction of sp³-hybridized carbons (Fsp3) is 0.277. The number of benzene rings is 2. The maximum atomic E-state index is 13.5. The van der Waals surface area contributed by atoms with Gasteiger partial charge in [0.1, 0.15) is 22.4 Å². The Balaban J connectivity index is 0.000000216. The third kappa shape index (κ3) is 11.4. The van der Waals surface area contributed by atoms with Gasteiger partial charge in [0.25, 0.3) is 17.0 Å². The van der Waals surface area contributed by atoms with Crippen molar-refractivity contribution in [3.05, 3.63) is 140 Å². The Bertz CT molecular complexity index is 3310. The van der Waals surface area contributed by atoms with Crippen LogP contribution in [0.2, 0.25) is 0 Å². The van der Waals surface area contributed by atoms with E-state index in [1.807, 2.05) is 19.0 Å². The number of alkyl halides is 6. The number of halogens is 6. The van der Waals surface area contributed by atoms with Gasteiger partial charge in [-0.05, 0) is 126 Å². The summed E-state index contributed by atoms with van der Waals surface area (Å²) in [5, 5.41) is 22.5. The van der Waals surface area contributed by atoms with E-state index >= 15 is 0 Å². The monoisotopic (exact) mass is 1000 g/mol. The second kappa shape index (κ2) is 20.8. The topological polar surface area (TPSA) is 191 Å². The van der Waals surface area contributed by atoms with Gasteiger partial charge in [-0.25, -0.2) is 14.8 Å². The number of anilines is 3. The number of aryl methyl sites for hydroxylation is 2. The van der Waals surface area contributed by atoms with E-state index in [-0.39, 0.29) is 33.6 Å². The zero-order valence-corrected chi connectivity index (χ0v) is 39.8. The SMILES string of the molecule is CCc1cc(=O)n2cc(N3C(=S)N(c4ccc(C#N)c(C(F)(F)F)c4)C(=O)C3(C)C)ccc2n1.CCc1cc(=O)n2cc(NC(C)(C)C(=O)OC)ccc2n1.N#Cc1ccc(N=C=S)cc1C(F)(F)F. The van der Waals surface area contributed by atoms with Gasteiger partial charge in [0.2, 0.25) is 0 Å². The Morgan fingerprint density at radius 1 is 0.771 bits per heavy atom. The van der Waals surface area contributed by atoms with Crippen molar-refractivity contribution in [2.75, 3.05) is 22.2 Å². The lowest BCUT2D eigenvalue weighted by Crippen LogP contribution is -2.44. The van der Waals surface area contributed by atoms with Crippen LogP contribution in [-0.4, -0.2) is 59.1 Å². The molecule has 23 heteroatoms. The number of carbonyl (C=O) groups is 2. The minimum atomic E-state index is -4.79. The first-order chi connectivity index (χ1) is 32.7. The Morgan fingerprint density at radius 2 is 1.27 bits per heavy atom. The first kappa shape index (κ1) is 53.1. The number of isothiocyanates is 1. The molecule has 2 aromatic carbocycles. The molecule has 0 saturated carbocycles. The molecule has 0 radical (unpaired) electrons. The number of rotatable bonds is 8. The predicted molar refractivity (Wildman–Crippen MR) is 255 cm³/mol. The minimum Gasteiger partial charge on any atom is -0.467 e. The molecule has 0 atom stereocenters. The van der Waals surface area contributed by atoms with Crippen molar-refractivity contribution >= 4 is 80.6 Å². The summed E-state index contributed by atoms with van der Waals surface area (Å²) in [4.78, 5) is 64.3. The number of aromatic nitrogens is 4. The number of amides is 1. The molecule has 0 aliphatic carbocycles. The highest BCUT2D eigenvalue weighted by molar-refractivity contribution is 7.81. The van der Waals surface area contributed by atoms with Crippen molar-refractivity contribution in [2.24, 2.45) is 4.99 Å². The Labute approximate surface area is 405 Å². The fourth-order valence-corrected chi connectivity index (χ4v) is 7.60. The quantitative estimate of drug-likeness (QED) is 0.0659. The van der Waals surface area contributed by atoms with Crippen LogP contribution in [0.5, 0.6) is 0 Å². The van der Waals surface area contributed by atoms with Crippen molar-refractivity contribution in [3.8, 4) is 12.1 Å². The number of thiocarbonyl (C=S) groups is 2. The number of aliphatic imine (C=N–C) groups is 1. The van der Waals surface area contributed by atoms with Crippen LogP contribution in [-0.2, 0) is 39.5 Å². The van der Waals surface area contributed by atoms with Crippen LogP contribution >= 0.6 is 24.4 Å². The number of nitrogens with one attached hydrogen (secondary N) is 1. The molecular formula is C47H40F6N10O5S2. The van der Waals surface area contributed by atoms with Gasteiger partial charge in [-0.3, -0.25) is 28.1 Å². The van der Waals surface area contributed by atoms with Crippen LogP contribution in [0.4, 0.5) is 49.1 Å². The van der Waals surface area contributed by atoms with Crippen molar-refractivity contribution in [3.63, 3.8) is 0 Å². The van der Waals surface area contributed by atoms with Crippen molar-refractivity contribution in [2.45, 2.75) is 77.8 Å². The summed E-state index contributed by atoms with van der Waals surface area (Å²) in [7, 11) is 1.34. The van der Waals surface area contributed by atoms with Crippen LogP contribution in [0.3, 0.4) is 0 Å². The molecule has 0 spiro atoms. The van der Waals surface area contributed by atoms with Gasteiger partial charge in [-0.2, -0.15) is 41.9 Å². The number of ether oxygens (including phenoxy) is 1. The maximum Gasteiger partial charge on any atom is 0.417 e. The number of nitriles is 2. The lowest BCUT2D eigenvalue weighted by atomic mass is 10.0. The summed E-state index contributed by atoms with van der Waals surface area (Å²) >= 11 is 9.80. The average molecular weight is 1000 g/mol. The van der Waals surface area contributed by atoms with Crippen molar-refractivity contribution < 1.29 is 40.7 Å². The highest BCUT2D eigenvalue weighted by atomic mass is 32.1. The second-order valence-electron chi connectivity index (χ2n) is 16.1. The number of nitrogens with zero attached hydrogens (tertiary/aromatic N) is 9. The number of esters is 1. The number of fused-ring (bicyclic) bond motifs is 2. The summed E-state index contributed by atoms with van der Waals surface area (Å²) in [6.45, 7) is 10.4. The van der Waals surface area contributed by atoms with E-state index in [0.29, 0.717) is 41.2 Å². The van der Waals surface area contributed by atoms with E-state index in [4.69, 9.17) is 27.5 Å². The molecule has 1 saturated heterocycles. The first-order valence-corrected chi connectivity index (χ1v) is 21.5. The molecule has 1 aliphatic rings. The minimum absolute atomic E-state index is 0.0244. The summed E-state index contributed by atoms with van der Waals surface area (Å²) in [6, 6.07) is 18.8. The Kier molecular flexibility index (Phi) is 15.8. The van der Waals surface area contributed by atoms with Gasteiger partial charge in [0, 0.05) is 35.9 Å². The third-order valence-corrected chi connectivity index (χ3v) is 11.0. The van der Waals surface area contributed by atoms with Gasteiger partial charge >= 0.3 is 18.3 Å². The molecule has 4 aromatic heterocycles. The fourth-order valence-electron chi connectivity index (χ4n) is 6.97. The predicted octanol–water partition coefficient (Wildman–Crippen LogP) is 9.00. The molecule has 5 heterocycles. The molecule has 1 amide bonds. The van der Waals surface area contributed by atoms with Crippen molar-refractivity contribution in [1.29, 1.82) is 10.5 Å². The lowest BCUT2D eigenvalue weighted by molar-refractivity contribution is -0.144. The number of hydrogen-bond acceptors (Lipinski definition) is 13.